The third kappa shape index (κ3) is 3.48. The van der Waals surface area contributed by atoms with E-state index in [1.807, 2.05) is 43.3 Å². The number of ether oxygens (including phenoxy) is 1. The van der Waals surface area contributed by atoms with Crippen LogP contribution in [-0.2, 0) is 6.61 Å². The first-order chi connectivity index (χ1) is 9.06. The minimum atomic E-state index is 0.00101. The molecule has 0 heterocycles. The van der Waals surface area contributed by atoms with Crippen molar-refractivity contribution in [2.75, 3.05) is 0 Å². The molecule has 3 N–H and O–H groups in total. The minimum Gasteiger partial charge on any atom is -0.488 e. The van der Waals surface area contributed by atoms with Crippen molar-refractivity contribution in [3.8, 4) is 5.75 Å². The molecule has 0 radical (unpaired) electrons. The number of amidine groups is 1. The Bertz CT molecular complexity index is 611. The van der Waals surface area contributed by atoms with Crippen LogP contribution in [0.1, 0.15) is 16.7 Å². The van der Waals surface area contributed by atoms with E-state index < -0.39 is 0 Å². The Morgan fingerprint density at radius 2 is 2.05 bits per heavy atom. The first-order valence-electron chi connectivity index (χ1n) is 5.88. The van der Waals surface area contributed by atoms with Gasteiger partial charge in [0.1, 0.15) is 18.2 Å². The maximum Gasteiger partial charge on any atom is 0.130 e. The summed E-state index contributed by atoms with van der Waals surface area (Å²) in [5.41, 5.74) is 8.18. The highest BCUT2D eigenvalue weighted by atomic mass is 35.5. The van der Waals surface area contributed by atoms with Crippen molar-refractivity contribution in [3.05, 3.63) is 64.2 Å². The summed E-state index contributed by atoms with van der Waals surface area (Å²) in [6, 6.07) is 13.1. The highest BCUT2D eigenvalue weighted by molar-refractivity contribution is 6.30. The Kier molecular flexibility index (Phi) is 4.07. The number of hydrogen-bond donors (Lipinski definition) is 2. The van der Waals surface area contributed by atoms with E-state index in [2.05, 4.69) is 0 Å². The summed E-state index contributed by atoms with van der Waals surface area (Å²) in [5, 5.41) is 8.22. The molecule has 0 atom stereocenters. The van der Waals surface area contributed by atoms with Gasteiger partial charge in [0, 0.05) is 5.02 Å². The number of nitrogens with one attached hydrogen (secondary N) is 1. The summed E-state index contributed by atoms with van der Waals surface area (Å²) in [7, 11) is 0. The Hall–Kier alpha value is -2.00. The van der Waals surface area contributed by atoms with E-state index >= 15 is 0 Å². The van der Waals surface area contributed by atoms with E-state index in [4.69, 9.17) is 27.5 Å². The van der Waals surface area contributed by atoms with Crippen molar-refractivity contribution in [2.24, 2.45) is 5.73 Å². The molecule has 0 saturated heterocycles. The first-order valence-corrected chi connectivity index (χ1v) is 6.26. The molecule has 0 unspecified atom stereocenters. The topological polar surface area (TPSA) is 59.1 Å². The van der Waals surface area contributed by atoms with Gasteiger partial charge in [-0.1, -0.05) is 29.8 Å². The van der Waals surface area contributed by atoms with E-state index in [-0.39, 0.29) is 5.84 Å². The molecule has 19 heavy (non-hydrogen) atoms. The van der Waals surface area contributed by atoms with Crippen LogP contribution in [-0.4, -0.2) is 5.84 Å². The van der Waals surface area contributed by atoms with E-state index in [0.717, 1.165) is 11.1 Å². The Balaban J connectivity index is 2.19. The summed E-state index contributed by atoms with van der Waals surface area (Å²) < 4.78 is 5.74. The lowest BCUT2D eigenvalue weighted by Crippen LogP contribution is -2.13. The first kappa shape index (κ1) is 13.4. The lowest BCUT2D eigenvalue weighted by Gasteiger charge is -2.11. The number of benzene rings is 2. The Morgan fingerprint density at radius 3 is 2.74 bits per heavy atom. The number of halogens is 1. The maximum absolute atomic E-state index is 7.54. The number of nitrogens with two attached hydrogens (primary N) is 1. The molecular weight excluding hydrogens is 260 g/mol. The average Bonchev–Trinajstić information content (AvgIpc) is 2.36. The average molecular weight is 275 g/mol. The van der Waals surface area contributed by atoms with E-state index in [0.29, 0.717) is 22.9 Å². The summed E-state index contributed by atoms with van der Waals surface area (Å²) in [6.45, 7) is 2.36. The molecule has 2 aromatic carbocycles. The van der Waals surface area contributed by atoms with Gasteiger partial charge in [0.05, 0.1) is 5.56 Å². The SMILES string of the molecule is Cc1ccc(C(=N)N)c(OCc2cccc(Cl)c2)c1. The molecule has 0 aliphatic rings. The molecule has 2 rings (SSSR count). The van der Waals surface area contributed by atoms with E-state index in [9.17, 15) is 0 Å². The maximum atomic E-state index is 7.54. The third-order valence-corrected chi connectivity index (χ3v) is 2.95. The van der Waals surface area contributed by atoms with Crippen molar-refractivity contribution >= 4 is 17.4 Å². The number of rotatable bonds is 4. The highest BCUT2D eigenvalue weighted by Crippen LogP contribution is 2.21. The van der Waals surface area contributed by atoms with Crippen LogP contribution in [0.5, 0.6) is 5.75 Å². The third-order valence-electron chi connectivity index (χ3n) is 2.71. The van der Waals surface area contributed by atoms with Gasteiger partial charge >= 0.3 is 0 Å². The van der Waals surface area contributed by atoms with Gasteiger partial charge < -0.3 is 10.5 Å². The molecule has 0 aliphatic heterocycles. The zero-order valence-corrected chi connectivity index (χ0v) is 11.4. The Labute approximate surface area is 117 Å². The number of hydrogen-bond acceptors (Lipinski definition) is 2. The van der Waals surface area contributed by atoms with Crippen LogP contribution in [0.15, 0.2) is 42.5 Å². The quantitative estimate of drug-likeness (QED) is 0.662. The molecule has 0 fully saturated rings. The molecule has 0 amide bonds. The second kappa shape index (κ2) is 5.76. The van der Waals surface area contributed by atoms with Crippen molar-refractivity contribution < 1.29 is 4.74 Å². The second-order valence-corrected chi connectivity index (χ2v) is 4.77. The largest absolute Gasteiger partial charge is 0.488 e. The van der Waals surface area contributed by atoms with Crippen molar-refractivity contribution in [1.82, 2.24) is 0 Å². The molecule has 98 valence electrons. The van der Waals surface area contributed by atoms with Gasteiger partial charge in [-0.25, -0.2) is 0 Å². The van der Waals surface area contributed by atoms with Crippen LogP contribution in [0.25, 0.3) is 0 Å². The van der Waals surface area contributed by atoms with Gasteiger partial charge in [-0.05, 0) is 42.3 Å². The molecule has 4 heteroatoms. The molecule has 0 bridgehead atoms. The lowest BCUT2D eigenvalue weighted by molar-refractivity contribution is 0.305. The normalized spacial score (nSPS) is 10.2. The van der Waals surface area contributed by atoms with Crippen molar-refractivity contribution in [3.63, 3.8) is 0 Å². The highest BCUT2D eigenvalue weighted by Gasteiger charge is 2.07. The Morgan fingerprint density at radius 1 is 1.26 bits per heavy atom. The van der Waals surface area contributed by atoms with Gasteiger partial charge in [0.15, 0.2) is 0 Å². The predicted octanol–water partition coefficient (Wildman–Crippen LogP) is 3.51. The van der Waals surface area contributed by atoms with Crippen LogP contribution in [0, 0.1) is 12.3 Å². The van der Waals surface area contributed by atoms with Crippen molar-refractivity contribution in [1.29, 1.82) is 5.41 Å². The molecular formula is C15H15ClN2O. The van der Waals surface area contributed by atoms with Crippen LogP contribution in [0.4, 0.5) is 0 Å². The van der Waals surface area contributed by atoms with Crippen LogP contribution >= 0.6 is 11.6 Å². The van der Waals surface area contributed by atoms with Gasteiger partial charge in [-0.2, -0.15) is 0 Å². The fourth-order valence-electron chi connectivity index (χ4n) is 1.76. The summed E-state index contributed by atoms with van der Waals surface area (Å²) in [5.74, 6) is 0.619. The van der Waals surface area contributed by atoms with Gasteiger partial charge in [-0.3, -0.25) is 5.41 Å². The van der Waals surface area contributed by atoms with Crippen molar-refractivity contribution in [2.45, 2.75) is 13.5 Å². The monoisotopic (exact) mass is 274 g/mol. The molecule has 0 saturated carbocycles. The number of aryl methyl sites for hydroxylation is 1. The molecule has 0 aliphatic carbocycles. The van der Waals surface area contributed by atoms with Crippen LogP contribution < -0.4 is 10.5 Å². The summed E-state index contributed by atoms with van der Waals surface area (Å²) in [4.78, 5) is 0. The summed E-state index contributed by atoms with van der Waals surface area (Å²) in [6.07, 6.45) is 0. The van der Waals surface area contributed by atoms with Gasteiger partial charge in [-0.15, -0.1) is 0 Å². The zero-order valence-electron chi connectivity index (χ0n) is 10.6. The van der Waals surface area contributed by atoms with E-state index in [1.165, 1.54) is 0 Å². The minimum absolute atomic E-state index is 0.00101. The lowest BCUT2D eigenvalue weighted by atomic mass is 10.1. The summed E-state index contributed by atoms with van der Waals surface area (Å²) >= 11 is 5.92. The second-order valence-electron chi connectivity index (χ2n) is 4.33. The number of nitrogen functional groups attached to an aromatic ring is 1. The van der Waals surface area contributed by atoms with Gasteiger partial charge in [0.25, 0.3) is 0 Å². The molecule has 3 nitrogen and oxygen atoms in total. The fraction of sp³-hybridized carbons (Fsp3) is 0.133. The standard InChI is InChI=1S/C15H15ClN2O/c1-10-5-6-13(15(17)18)14(7-10)19-9-11-3-2-4-12(16)8-11/h2-8H,9H2,1H3,(H3,17,18). The fourth-order valence-corrected chi connectivity index (χ4v) is 1.97. The van der Waals surface area contributed by atoms with Crippen LogP contribution in [0.2, 0.25) is 5.02 Å². The van der Waals surface area contributed by atoms with Gasteiger partial charge in [0.2, 0.25) is 0 Å². The molecule has 2 aromatic rings. The molecule has 0 aromatic heterocycles. The molecule has 0 spiro atoms. The zero-order chi connectivity index (χ0) is 13.8. The van der Waals surface area contributed by atoms with Crippen LogP contribution in [0.3, 0.4) is 0 Å². The van der Waals surface area contributed by atoms with E-state index in [1.54, 1.807) is 6.07 Å². The smallest absolute Gasteiger partial charge is 0.130 e. The predicted molar refractivity (Wildman–Crippen MR) is 78.0 cm³/mol.